The Kier molecular flexibility index (Phi) is 10.3. The summed E-state index contributed by atoms with van der Waals surface area (Å²) in [6.07, 6.45) is -0.848. The molecule has 3 N–H and O–H groups in total. The third-order valence-electron chi connectivity index (χ3n) is 8.89. The number of allylic oxidation sites excluding steroid dienone is 2. The average Bonchev–Trinajstić information content (AvgIpc) is 3.68. The summed E-state index contributed by atoms with van der Waals surface area (Å²) in [5.41, 5.74) is -1.75. The minimum atomic E-state index is -1.84. The number of aliphatic hydroxyl groups excluding tert-OH is 1. The fourth-order valence-corrected chi connectivity index (χ4v) is 6.18. The summed E-state index contributed by atoms with van der Waals surface area (Å²) in [5, 5.41) is 25.5. The van der Waals surface area contributed by atoms with Gasteiger partial charge in [-0.1, -0.05) is 50.6 Å². The van der Waals surface area contributed by atoms with E-state index in [4.69, 9.17) is 35.3 Å². The van der Waals surface area contributed by atoms with E-state index >= 15 is 0 Å². The first-order valence-corrected chi connectivity index (χ1v) is 15.2. The highest BCUT2D eigenvalue weighted by Gasteiger charge is 2.64. The van der Waals surface area contributed by atoms with Crippen molar-refractivity contribution in [1.29, 1.82) is 0 Å². The number of aliphatic hydroxyl groups is 2. The molecule has 45 heavy (non-hydrogen) atoms. The second kappa shape index (κ2) is 13.3. The third kappa shape index (κ3) is 7.00. The van der Waals surface area contributed by atoms with Crippen molar-refractivity contribution < 1.29 is 48.3 Å². The second-order valence-electron chi connectivity index (χ2n) is 12.4. The van der Waals surface area contributed by atoms with Crippen LogP contribution in [0.2, 0.25) is 5.02 Å². The number of rotatable bonds is 4. The van der Waals surface area contributed by atoms with Crippen molar-refractivity contribution in [1.82, 2.24) is 5.32 Å². The molecule has 3 aliphatic rings. The Hall–Kier alpha value is -3.16. The van der Waals surface area contributed by atoms with Crippen LogP contribution in [0.15, 0.2) is 35.9 Å². The normalized spacial score (nSPS) is 35.8. The van der Waals surface area contributed by atoms with E-state index in [9.17, 15) is 24.6 Å². The summed E-state index contributed by atoms with van der Waals surface area (Å²) in [6.45, 7) is 8.62. The Morgan fingerprint density at radius 2 is 1.93 bits per heavy atom. The van der Waals surface area contributed by atoms with Gasteiger partial charge in [-0.25, -0.2) is 4.79 Å². The molecule has 248 valence electrons. The van der Waals surface area contributed by atoms with Crippen LogP contribution in [-0.2, 0) is 28.5 Å². The van der Waals surface area contributed by atoms with Gasteiger partial charge in [-0.2, -0.15) is 0 Å². The van der Waals surface area contributed by atoms with Gasteiger partial charge < -0.3 is 38.8 Å². The van der Waals surface area contributed by atoms with Crippen LogP contribution in [0.4, 0.5) is 10.5 Å². The zero-order valence-corrected chi connectivity index (χ0v) is 27.6. The number of hydrogen-bond donors (Lipinski definition) is 3. The van der Waals surface area contributed by atoms with Crippen LogP contribution in [0.5, 0.6) is 5.75 Å². The van der Waals surface area contributed by atoms with Crippen molar-refractivity contribution in [2.24, 2.45) is 11.8 Å². The fourth-order valence-electron chi connectivity index (χ4n) is 5.86. The molecule has 12 nitrogen and oxygen atoms in total. The molecule has 1 aromatic carbocycles. The summed E-state index contributed by atoms with van der Waals surface area (Å²) in [4.78, 5) is 40.6. The van der Waals surface area contributed by atoms with Gasteiger partial charge in [-0.05, 0) is 37.1 Å². The van der Waals surface area contributed by atoms with Gasteiger partial charge in [0, 0.05) is 26.5 Å². The van der Waals surface area contributed by atoms with E-state index in [2.05, 4.69) is 5.32 Å². The number of halogens is 1. The molecule has 13 heteroatoms. The summed E-state index contributed by atoms with van der Waals surface area (Å²) >= 11 is 6.65. The van der Waals surface area contributed by atoms with Crippen LogP contribution >= 0.6 is 11.6 Å². The van der Waals surface area contributed by atoms with Gasteiger partial charge in [0.25, 0.3) is 0 Å². The number of nitrogens with zero attached hydrogens (tertiary/aromatic N) is 1. The predicted molar refractivity (Wildman–Crippen MR) is 165 cm³/mol. The number of hydrogen-bond acceptors (Lipinski definition) is 10. The summed E-state index contributed by atoms with van der Waals surface area (Å²) < 4.78 is 28.6. The largest absolute Gasteiger partial charge is 0.495 e. The molecule has 4 rings (SSSR count). The van der Waals surface area contributed by atoms with Crippen LogP contribution in [0.25, 0.3) is 0 Å². The van der Waals surface area contributed by atoms with Gasteiger partial charge in [0.1, 0.15) is 40.8 Å². The molecule has 0 unspecified atom stereocenters. The number of carbonyl (C=O) groups is 3. The highest BCUT2D eigenvalue weighted by Crippen LogP contribution is 2.49. The topological polar surface area (TPSA) is 156 Å². The van der Waals surface area contributed by atoms with E-state index in [0.29, 0.717) is 11.1 Å². The zero-order chi connectivity index (χ0) is 33.4. The molecule has 2 saturated heterocycles. The lowest BCUT2D eigenvalue weighted by atomic mass is 9.83. The molecule has 0 saturated carbocycles. The van der Waals surface area contributed by atoms with Gasteiger partial charge in [-0.15, -0.1) is 0 Å². The van der Waals surface area contributed by atoms with Gasteiger partial charge >= 0.3 is 12.1 Å². The molecule has 4 bridgehead atoms. The zero-order valence-electron chi connectivity index (χ0n) is 26.8. The Labute approximate surface area is 268 Å². The summed E-state index contributed by atoms with van der Waals surface area (Å²) in [7, 11) is 4.36. The molecule has 0 spiro atoms. The third-order valence-corrected chi connectivity index (χ3v) is 9.27. The Bertz CT molecular complexity index is 1380. The Balaban J connectivity index is 1.83. The molecule has 0 radical (unpaired) electrons. The summed E-state index contributed by atoms with van der Waals surface area (Å²) in [5.74, 6) is -1.65. The highest BCUT2D eigenvalue weighted by atomic mass is 35.5. The Morgan fingerprint density at radius 3 is 2.56 bits per heavy atom. The fraction of sp³-hybridized carbons (Fsp3) is 0.594. The SMILES string of the molecule is COc1cc2cc(c1Cl)N(C)C(=O)C[C@H](OC(=O)C(C)C)[C@]1(C)O[C@@H]1[C@H](C)[C@@H]1C[C@@](O)(NC(=O)O1)[C@@H](OC)/C=C/C=C(\C)[C@@H]2O. The first kappa shape index (κ1) is 34.7. The molecular weight excluding hydrogens is 608 g/mol. The van der Waals surface area contributed by atoms with E-state index in [1.165, 1.54) is 26.2 Å². The average molecular weight is 651 g/mol. The standard InChI is InChI=1S/C32H43ClN2O10/c1-16(2)29(38)44-24-14-25(36)35(6)20-12-19(13-21(41-7)26(20)33)27(37)17(3)10-9-11-23(42-8)32(40)15-22(43-30(39)34-32)18(4)28-31(24,5)45-28/h9-13,16,18,22-24,27-28,37,40H,14-15H2,1-8H3,(H,34,39)/b11-9+,17-10+/t18-,22+,23+,24+,27+,28-,31+,32+/m1/s1. The number of carbonyl (C=O) groups excluding carboxylic acids is 3. The van der Waals surface area contributed by atoms with Crippen LogP contribution in [0, 0.1) is 11.8 Å². The number of nitrogens with one attached hydrogen (secondary N) is 1. The lowest BCUT2D eigenvalue weighted by Crippen LogP contribution is -2.63. The number of alkyl carbamates (subject to hydrolysis) is 1. The van der Waals surface area contributed by atoms with Gasteiger partial charge in [0.15, 0.2) is 5.72 Å². The van der Waals surface area contributed by atoms with E-state index in [1.54, 1.807) is 65.0 Å². The van der Waals surface area contributed by atoms with Crippen LogP contribution in [0.3, 0.4) is 0 Å². The summed E-state index contributed by atoms with van der Waals surface area (Å²) in [6, 6.07) is 3.17. The molecule has 3 aliphatic heterocycles. The predicted octanol–water partition coefficient (Wildman–Crippen LogP) is 3.81. The molecule has 1 aromatic rings. The number of esters is 1. The second-order valence-corrected chi connectivity index (χ2v) is 12.8. The maximum Gasteiger partial charge on any atom is 0.409 e. The molecule has 0 aliphatic carbocycles. The van der Waals surface area contributed by atoms with E-state index in [1.807, 2.05) is 0 Å². The van der Waals surface area contributed by atoms with Crippen molar-refractivity contribution >= 4 is 35.3 Å². The lowest BCUT2D eigenvalue weighted by Gasteiger charge is -2.42. The molecule has 0 aromatic heterocycles. The number of ether oxygens (including phenoxy) is 5. The molecule has 3 heterocycles. The number of fused-ring (bicyclic) bond motifs is 5. The minimum Gasteiger partial charge on any atom is -0.495 e. The molecule has 2 amide bonds. The quantitative estimate of drug-likeness (QED) is 0.323. The monoisotopic (exact) mass is 650 g/mol. The maximum atomic E-state index is 13.8. The molecular formula is C32H43ClN2O10. The van der Waals surface area contributed by atoms with Gasteiger partial charge in [0.05, 0.1) is 31.2 Å². The van der Waals surface area contributed by atoms with Crippen LogP contribution in [0.1, 0.15) is 59.1 Å². The number of methoxy groups -OCH3 is 2. The number of benzene rings is 1. The number of amides is 2. The van der Waals surface area contributed by atoms with Crippen molar-refractivity contribution in [3.05, 3.63) is 46.5 Å². The van der Waals surface area contributed by atoms with E-state index in [-0.39, 0.29) is 29.3 Å². The van der Waals surface area contributed by atoms with Crippen molar-refractivity contribution in [2.45, 2.75) is 89.3 Å². The van der Waals surface area contributed by atoms with Crippen LogP contribution < -0.4 is 15.0 Å². The van der Waals surface area contributed by atoms with Crippen molar-refractivity contribution in [2.75, 3.05) is 26.2 Å². The van der Waals surface area contributed by atoms with E-state index in [0.717, 1.165) is 0 Å². The van der Waals surface area contributed by atoms with Gasteiger partial charge in [0.2, 0.25) is 5.91 Å². The first-order valence-electron chi connectivity index (χ1n) is 14.9. The van der Waals surface area contributed by atoms with Gasteiger partial charge in [-0.3, -0.25) is 14.9 Å². The number of epoxide rings is 1. The number of anilines is 1. The van der Waals surface area contributed by atoms with Crippen LogP contribution in [-0.4, -0.2) is 85.2 Å². The highest BCUT2D eigenvalue weighted by molar-refractivity contribution is 6.35. The molecule has 8 atom stereocenters. The van der Waals surface area contributed by atoms with Crippen molar-refractivity contribution in [3.8, 4) is 5.75 Å². The smallest absolute Gasteiger partial charge is 0.409 e. The van der Waals surface area contributed by atoms with Crippen molar-refractivity contribution in [3.63, 3.8) is 0 Å². The lowest BCUT2D eigenvalue weighted by molar-refractivity contribution is -0.157. The minimum absolute atomic E-state index is 0.0493. The first-order chi connectivity index (χ1) is 21.1. The Morgan fingerprint density at radius 1 is 1.24 bits per heavy atom. The maximum absolute atomic E-state index is 13.8. The molecule has 2 fully saturated rings. The van der Waals surface area contributed by atoms with E-state index < -0.39 is 71.7 Å².